The SMILES string of the molecule is Cc1ccc(-c2nc(C(C)(N)COC(C)C)no2)c(C)n1. The van der Waals surface area contributed by atoms with E-state index in [9.17, 15) is 0 Å². The summed E-state index contributed by atoms with van der Waals surface area (Å²) in [5.74, 6) is 0.856. The number of aromatic nitrogens is 3. The van der Waals surface area contributed by atoms with Crippen molar-refractivity contribution < 1.29 is 9.26 Å². The largest absolute Gasteiger partial charge is 0.376 e. The van der Waals surface area contributed by atoms with Crippen molar-refractivity contribution >= 4 is 0 Å². The summed E-state index contributed by atoms with van der Waals surface area (Å²) in [6.07, 6.45) is 0.0998. The summed E-state index contributed by atoms with van der Waals surface area (Å²) in [6.45, 7) is 9.92. The maximum Gasteiger partial charge on any atom is 0.259 e. The van der Waals surface area contributed by atoms with Gasteiger partial charge in [-0.3, -0.25) is 4.98 Å². The van der Waals surface area contributed by atoms with E-state index in [0.717, 1.165) is 17.0 Å². The highest BCUT2D eigenvalue weighted by Crippen LogP contribution is 2.23. The molecule has 6 nitrogen and oxygen atoms in total. The van der Waals surface area contributed by atoms with Gasteiger partial charge in [-0.15, -0.1) is 0 Å². The van der Waals surface area contributed by atoms with Crippen LogP contribution < -0.4 is 5.73 Å². The molecule has 21 heavy (non-hydrogen) atoms. The Balaban J connectivity index is 2.25. The molecule has 0 saturated carbocycles. The summed E-state index contributed by atoms with van der Waals surface area (Å²) in [5.41, 5.74) is 8.04. The van der Waals surface area contributed by atoms with Crippen molar-refractivity contribution in [2.75, 3.05) is 6.61 Å². The van der Waals surface area contributed by atoms with Crippen LogP contribution in [0.3, 0.4) is 0 Å². The molecule has 1 unspecified atom stereocenters. The van der Waals surface area contributed by atoms with E-state index in [4.69, 9.17) is 15.0 Å². The zero-order valence-corrected chi connectivity index (χ0v) is 13.2. The molecule has 6 heteroatoms. The number of ether oxygens (including phenoxy) is 1. The second-order valence-electron chi connectivity index (χ2n) is 5.79. The van der Waals surface area contributed by atoms with Crippen molar-refractivity contribution in [2.24, 2.45) is 5.73 Å². The molecule has 0 fully saturated rings. The van der Waals surface area contributed by atoms with Crippen LogP contribution in [0.1, 0.15) is 38.0 Å². The molecule has 2 N–H and O–H groups in total. The fraction of sp³-hybridized carbons (Fsp3) is 0.533. The number of nitrogens with zero attached hydrogens (tertiary/aromatic N) is 3. The molecular weight excluding hydrogens is 268 g/mol. The second kappa shape index (κ2) is 5.91. The molecule has 0 aromatic carbocycles. The number of hydrogen-bond donors (Lipinski definition) is 1. The van der Waals surface area contributed by atoms with Gasteiger partial charge in [-0.2, -0.15) is 4.98 Å². The Morgan fingerprint density at radius 1 is 1.29 bits per heavy atom. The lowest BCUT2D eigenvalue weighted by Crippen LogP contribution is -2.40. The monoisotopic (exact) mass is 290 g/mol. The van der Waals surface area contributed by atoms with Crippen molar-refractivity contribution in [1.82, 2.24) is 15.1 Å². The van der Waals surface area contributed by atoms with Gasteiger partial charge in [0, 0.05) is 5.69 Å². The molecule has 2 aromatic heterocycles. The zero-order chi connectivity index (χ0) is 15.6. The second-order valence-corrected chi connectivity index (χ2v) is 5.79. The minimum atomic E-state index is -0.794. The molecule has 2 rings (SSSR count). The topological polar surface area (TPSA) is 87.1 Å². The van der Waals surface area contributed by atoms with E-state index in [1.165, 1.54) is 0 Å². The molecular formula is C15H22N4O2. The van der Waals surface area contributed by atoms with Gasteiger partial charge in [0.05, 0.1) is 24.0 Å². The molecule has 0 aliphatic heterocycles. The Bertz CT molecular complexity index is 620. The predicted molar refractivity (Wildman–Crippen MR) is 79.6 cm³/mol. The molecule has 1 atom stereocenters. The number of rotatable bonds is 5. The van der Waals surface area contributed by atoms with E-state index >= 15 is 0 Å². The van der Waals surface area contributed by atoms with Crippen molar-refractivity contribution in [3.8, 4) is 11.5 Å². The van der Waals surface area contributed by atoms with Gasteiger partial charge in [0.15, 0.2) is 5.82 Å². The van der Waals surface area contributed by atoms with Crippen LogP contribution in [-0.4, -0.2) is 27.8 Å². The zero-order valence-electron chi connectivity index (χ0n) is 13.2. The first-order chi connectivity index (χ1) is 9.79. The van der Waals surface area contributed by atoms with Crippen LogP contribution in [0.25, 0.3) is 11.5 Å². The third-order valence-electron chi connectivity index (χ3n) is 3.11. The van der Waals surface area contributed by atoms with Crippen molar-refractivity contribution in [1.29, 1.82) is 0 Å². The van der Waals surface area contributed by atoms with Crippen LogP contribution in [0, 0.1) is 13.8 Å². The highest BCUT2D eigenvalue weighted by atomic mass is 16.5. The molecule has 0 amide bonds. The van der Waals surface area contributed by atoms with Crippen LogP contribution in [0.15, 0.2) is 16.7 Å². The lowest BCUT2D eigenvalue weighted by Gasteiger charge is -2.21. The smallest absolute Gasteiger partial charge is 0.259 e. The minimum Gasteiger partial charge on any atom is -0.376 e. The Morgan fingerprint density at radius 2 is 2.00 bits per heavy atom. The fourth-order valence-electron chi connectivity index (χ4n) is 1.88. The summed E-state index contributed by atoms with van der Waals surface area (Å²) in [4.78, 5) is 8.80. The van der Waals surface area contributed by atoms with Gasteiger partial charge >= 0.3 is 0 Å². The van der Waals surface area contributed by atoms with E-state index in [1.54, 1.807) is 0 Å². The quantitative estimate of drug-likeness (QED) is 0.909. The first-order valence-corrected chi connectivity index (χ1v) is 6.99. The van der Waals surface area contributed by atoms with Crippen LogP contribution in [0.4, 0.5) is 0 Å². The normalized spacial score (nSPS) is 14.4. The third kappa shape index (κ3) is 3.65. The maximum atomic E-state index is 6.21. The summed E-state index contributed by atoms with van der Waals surface area (Å²) >= 11 is 0. The van der Waals surface area contributed by atoms with Gasteiger partial charge in [0.2, 0.25) is 0 Å². The summed E-state index contributed by atoms with van der Waals surface area (Å²) in [7, 11) is 0. The van der Waals surface area contributed by atoms with E-state index in [2.05, 4.69) is 15.1 Å². The number of nitrogens with two attached hydrogens (primary N) is 1. The number of aryl methyl sites for hydroxylation is 2. The van der Waals surface area contributed by atoms with Crippen molar-refractivity contribution in [3.63, 3.8) is 0 Å². The van der Waals surface area contributed by atoms with E-state index in [0.29, 0.717) is 18.3 Å². The number of pyridine rings is 1. The van der Waals surface area contributed by atoms with Crippen molar-refractivity contribution in [2.45, 2.75) is 46.3 Å². The van der Waals surface area contributed by atoms with Gasteiger partial charge in [-0.25, -0.2) is 0 Å². The highest BCUT2D eigenvalue weighted by Gasteiger charge is 2.29. The van der Waals surface area contributed by atoms with Crippen LogP contribution in [0.2, 0.25) is 0 Å². The van der Waals surface area contributed by atoms with E-state index < -0.39 is 5.54 Å². The molecule has 0 aliphatic carbocycles. The molecule has 0 bridgehead atoms. The summed E-state index contributed by atoms with van der Waals surface area (Å²) in [6, 6.07) is 3.84. The molecule has 2 heterocycles. The standard InChI is InChI=1S/C15H22N4O2/c1-9(2)20-8-15(5,16)14-18-13(21-19-14)12-7-6-10(3)17-11(12)4/h6-7,9H,8,16H2,1-5H3. The lowest BCUT2D eigenvalue weighted by molar-refractivity contribution is 0.0410. The first-order valence-electron chi connectivity index (χ1n) is 6.99. The average molecular weight is 290 g/mol. The fourth-order valence-corrected chi connectivity index (χ4v) is 1.88. The van der Waals surface area contributed by atoms with Gasteiger partial charge in [0.25, 0.3) is 5.89 Å². The summed E-state index contributed by atoms with van der Waals surface area (Å²) in [5, 5.41) is 3.99. The Kier molecular flexibility index (Phi) is 4.39. The molecule has 114 valence electrons. The Morgan fingerprint density at radius 3 is 2.62 bits per heavy atom. The van der Waals surface area contributed by atoms with Gasteiger partial charge in [-0.05, 0) is 46.8 Å². The lowest BCUT2D eigenvalue weighted by atomic mass is 10.1. The molecule has 2 aromatic rings. The van der Waals surface area contributed by atoms with Crippen LogP contribution in [-0.2, 0) is 10.3 Å². The van der Waals surface area contributed by atoms with E-state index in [-0.39, 0.29) is 6.10 Å². The third-order valence-corrected chi connectivity index (χ3v) is 3.11. The van der Waals surface area contributed by atoms with Gasteiger partial charge in [0.1, 0.15) is 5.54 Å². The first kappa shape index (κ1) is 15.6. The van der Waals surface area contributed by atoms with Crippen LogP contribution >= 0.6 is 0 Å². The average Bonchev–Trinajstić information content (AvgIpc) is 2.86. The highest BCUT2D eigenvalue weighted by molar-refractivity contribution is 5.56. The predicted octanol–water partition coefficient (Wildman–Crippen LogP) is 2.35. The van der Waals surface area contributed by atoms with Gasteiger partial charge in [-0.1, -0.05) is 5.16 Å². The summed E-state index contributed by atoms with van der Waals surface area (Å²) < 4.78 is 10.9. The molecule has 0 saturated heterocycles. The molecule has 0 radical (unpaired) electrons. The maximum absolute atomic E-state index is 6.21. The van der Waals surface area contributed by atoms with Crippen LogP contribution in [0.5, 0.6) is 0 Å². The van der Waals surface area contributed by atoms with Crippen molar-refractivity contribution in [3.05, 3.63) is 29.3 Å². The molecule has 0 spiro atoms. The minimum absolute atomic E-state index is 0.0998. The molecule has 0 aliphatic rings. The number of hydrogen-bond acceptors (Lipinski definition) is 6. The van der Waals surface area contributed by atoms with Gasteiger partial charge < -0.3 is 15.0 Å². The Labute approximate surface area is 124 Å². The Hall–Kier alpha value is -1.79. The van der Waals surface area contributed by atoms with E-state index in [1.807, 2.05) is 46.8 Å².